The van der Waals surface area contributed by atoms with Gasteiger partial charge in [-0.05, 0) is 26.0 Å². The van der Waals surface area contributed by atoms with Gasteiger partial charge in [0.05, 0.1) is 23.9 Å². The molecule has 1 aromatic carbocycles. The summed E-state index contributed by atoms with van der Waals surface area (Å²) >= 11 is 1.68. The average molecular weight is 417 g/mol. The number of para-hydroxylation sites is 1. The van der Waals surface area contributed by atoms with E-state index in [0.29, 0.717) is 12.3 Å². The second kappa shape index (κ2) is 10.5. The van der Waals surface area contributed by atoms with E-state index in [4.69, 9.17) is 4.74 Å². The Labute approximate surface area is 175 Å². The number of nitrogens with zero attached hydrogens (tertiary/aromatic N) is 4. The van der Waals surface area contributed by atoms with E-state index in [-0.39, 0.29) is 19.0 Å². The lowest BCUT2D eigenvalue weighted by molar-refractivity contribution is -0.142. The Morgan fingerprint density at radius 3 is 2.45 bits per heavy atom. The van der Waals surface area contributed by atoms with Crippen LogP contribution in [0, 0.1) is 6.92 Å². The highest BCUT2D eigenvalue weighted by molar-refractivity contribution is 7.09. The SMILES string of the molecule is CCOC(=O)CN(C(=O)CN1CCN(Cc2csc(C)n2)CC1)c1ccccc1. The zero-order valence-corrected chi connectivity index (χ0v) is 17.9. The lowest BCUT2D eigenvalue weighted by Gasteiger charge is -2.35. The minimum absolute atomic E-state index is 0.0696. The first-order valence-corrected chi connectivity index (χ1v) is 10.8. The number of hydrogen-bond donors (Lipinski definition) is 0. The smallest absolute Gasteiger partial charge is 0.326 e. The molecule has 7 nitrogen and oxygen atoms in total. The quantitative estimate of drug-likeness (QED) is 0.615. The summed E-state index contributed by atoms with van der Waals surface area (Å²) < 4.78 is 5.05. The zero-order chi connectivity index (χ0) is 20.6. The van der Waals surface area contributed by atoms with Gasteiger partial charge in [0, 0.05) is 43.8 Å². The highest BCUT2D eigenvalue weighted by Crippen LogP contribution is 2.15. The number of esters is 1. The number of piperazine rings is 1. The van der Waals surface area contributed by atoms with Crippen molar-refractivity contribution in [3.05, 3.63) is 46.4 Å². The van der Waals surface area contributed by atoms with Gasteiger partial charge in [-0.15, -0.1) is 11.3 Å². The van der Waals surface area contributed by atoms with Crippen LogP contribution in [0.15, 0.2) is 35.7 Å². The normalized spacial score (nSPS) is 15.2. The molecule has 1 fully saturated rings. The molecule has 0 radical (unpaired) electrons. The van der Waals surface area contributed by atoms with Crippen molar-refractivity contribution in [2.45, 2.75) is 20.4 Å². The number of carbonyl (C=O) groups is 2. The molecular formula is C21H28N4O3S. The second-order valence-electron chi connectivity index (χ2n) is 7.03. The molecule has 1 aliphatic rings. The number of ether oxygens (including phenoxy) is 1. The highest BCUT2D eigenvalue weighted by Gasteiger charge is 2.24. The van der Waals surface area contributed by atoms with Gasteiger partial charge in [0.15, 0.2) is 0 Å². The van der Waals surface area contributed by atoms with E-state index < -0.39 is 5.97 Å². The first-order valence-electron chi connectivity index (χ1n) is 9.92. The number of benzene rings is 1. The van der Waals surface area contributed by atoms with Crippen molar-refractivity contribution in [3.63, 3.8) is 0 Å². The van der Waals surface area contributed by atoms with Gasteiger partial charge in [-0.3, -0.25) is 19.4 Å². The van der Waals surface area contributed by atoms with Gasteiger partial charge in [-0.1, -0.05) is 18.2 Å². The minimum Gasteiger partial charge on any atom is -0.465 e. The topological polar surface area (TPSA) is 66.0 Å². The zero-order valence-electron chi connectivity index (χ0n) is 17.0. The monoisotopic (exact) mass is 416 g/mol. The van der Waals surface area contributed by atoms with E-state index in [1.165, 1.54) is 4.90 Å². The molecule has 2 heterocycles. The fourth-order valence-electron chi connectivity index (χ4n) is 3.36. The van der Waals surface area contributed by atoms with E-state index >= 15 is 0 Å². The van der Waals surface area contributed by atoms with E-state index in [9.17, 15) is 9.59 Å². The van der Waals surface area contributed by atoms with Crippen molar-refractivity contribution >= 4 is 28.9 Å². The van der Waals surface area contributed by atoms with Crippen LogP contribution in [0.1, 0.15) is 17.6 Å². The van der Waals surface area contributed by atoms with Crippen molar-refractivity contribution in [1.29, 1.82) is 0 Å². The average Bonchev–Trinajstić information content (AvgIpc) is 3.13. The van der Waals surface area contributed by atoms with Crippen molar-refractivity contribution in [2.75, 3.05) is 50.8 Å². The van der Waals surface area contributed by atoms with E-state index in [1.807, 2.05) is 37.3 Å². The molecule has 2 aromatic rings. The largest absolute Gasteiger partial charge is 0.465 e. The Morgan fingerprint density at radius 1 is 1.14 bits per heavy atom. The van der Waals surface area contributed by atoms with Crippen LogP contribution in [0.25, 0.3) is 0 Å². The van der Waals surface area contributed by atoms with Crippen LogP contribution < -0.4 is 4.90 Å². The summed E-state index contributed by atoms with van der Waals surface area (Å²) in [7, 11) is 0. The fourth-order valence-corrected chi connectivity index (χ4v) is 3.96. The number of anilines is 1. The van der Waals surface area contributed by atoms with Crippen LogP contribution in [0.2, 0.25) is 0 Å². The van der Waals surface area contributed by atoms with Gasteiger partial charge in [0.2, 0.25) is 5.91 Å². The van der Waals surface area contributed by atoms with Gasteiger partial charge in [-0.2, -0.15) is 0 Å². The predicted octanol–water partition coefficient (Wildman–Crippen LogP) is 2.17. The van der Waals surface area contributed by atoms with Crippen molar-refractivity contribution in [3.8, 4) is 0 Å². The molecule has 156 valence electrons. The van der Waals surface area contributed by atoms with Crippen molar-refractivity contribution in [1.82, 2.24) is 14.8 Å². The molecule has 1 amide bonds. The van der Waals surface area contributed by atoms with Gasteiger partial charge in [0.1, 0.15) is 6.54 Å². The molecule has 1 aromatic heterocycles. The molecule has 0 N–H and O–H groups in total. The molecule has 3 rings (SSSR count). The number of rotatable bonds is 8. The molecule has 29 heavy (non-hydrogen) atoms. The predicted molar refractivity (Wildman–Crippen MR) is 114 cm³/mol. The molecular weight excluding hydrogens is 388 g/mol. The first-order chi connectivity index (χ1) is 14.0. The summed E-state index contributed by atoms with van der Waals surface area (Å²) in [6.45, 7) is 8.58. The third kappa shape index (κ3) is 6.35. The maximum Gasteiger partial charge on any atom is 0.326 e. The second-order valence-corrected chi connectivity index (χ2v) is 8.09. The molecule has 0 unspecified atom stereocenters. The standard InChI is InChI=1S/C21H28N4O3S/c1-3-28-21(27)15-25(19-7-5-4-6-8-19)20(26)14-24-11-9-23(10-12-24)13-18-16-29-17(2)22-18/h4-8,16H,3,9-15H2,1-2H3. The molecule has 0 atom stereocenters. The lowest BCUT2D eigenvalue weighted by atomic mass is 10.2. The molecule has 0 saturated carbocycles. The molecule has 0 spiro atoms. The summed E-state index contributed by atoms with van der Waals surface area (Å²) in [5.74, 6) is -0.485. The number of carbonyl (C=O) groups excluding carboxylic acids is 2. The Balaban J connectivity index is 1.54. The summed E-state index contributed by atoms with van der Waals surface area (Å²) in [5, 5.41) is 3.20. The van der Waals surface area contributed by atoms with Gasteiger partial charge >= 0.3 is 5.97 Å². The summed E-state index contributed by atoms with van der Waals surface area (Å²) in [5.41, 5.74) is 1.82. The maximum atomic E-state index is 13.0. The number of amides is 1. The Morgan fingerprint density at radius 2 is 1.83 bits per heavy atom. The Kier molecular flexibility index (Phi) is 7.74. The van der Waals surface area contributed by atoms with Crippen molar-refractivity contribution < 1.29 is 14.3 Å². The third-order valence-electron chi connectivity index (χ3n) is 4.84. The minimum atomic E-state index is -0.395. The molecule has 0 bridgehead atoms. The Bertz CT molecular complexity index is 803. The van der Waals surface area contributed by atoms with Crippen LogP contribution in [-0.4, -0.2) is 72.5 Å². The molecule has 0 aliphatic carbocycles. The number of aromatic nitrogens is 1. The van der Waals surface area contributed by atoms with Crippen LogP contribution in [-0.2, 0) is 20.9 Å². The van der Waals surface area contributed by atoms with E-state index in [1.54, 1.807) is 18.3 Å². The molecule has 1 aliphatic heterocycles. The lowest BCUT2D eigenvalue weighted by Crippen LogP contribution is -2.50. The van der Waals surface area contributed by atoms with Crippen LogP contribution >= 0.6 is 11.3 Å². The fraction of sp³-hybridized carbons (Fsp3) is 0.476. The first kappa shape index (κ1) is 21.4. The number of hydrogen-bond acceptors (Lipinski definition) is 7. The number of aryl methyl sites for hydroxylation is 1. The molecule has 8 heteroatoms. The Hall–Kier alpha value is -2.29. The van der Waals surface area contributed by atoms with E-state index in [2.05, 4.69) is 20.2 Å². The highest BCUT2D eigenvalue weighted by atomic mass is 32.1. The van der Waals surface area contributed by atoms with E-state index in [0.717, 1.165) is 43.4 Å². The summed E-state index contributed by atoms with van der Waals surface area (Å²) in [6, 6.07) is 9.29. The number of thiazole rings is 1. The van der Waals surface area contributed by atoms with Gasteiger partial charge < -0.3 is 9.64 Å². The van der Waals surface area contributed by atoms with Crippen LogP contribution in [0.3, 0.4) is 0 Å². The van der Waals surface area contributed by atoms with Crippen molar-refractivity contribution in [2.24, 2.45) is 0 Å². The summed E-state index contributed by atoms with van der Waals surface area (Å²) in [4.78, 5) is 35.5. The maximum absolute atomic E-state index is 13.0. The van der Waals surface area contributed by atoms with Crippen LogP contribution in [0.4, 0.5) is 5.69 Å². The summed E-state index contributed by atoms with van der Waals surface area (Å²) in [6.07, 6.45) is 0. The molecule has 1 saturated heterocycles. The van der Waals surface area contributed by atoms with Gasteiger partial charge in [-0.25, -0.2) is 4.98 Å². The van der Waals surface area contributed by atoms with Crippen LogP contribution in [0.5, 0.6) is 0 Å². The van der Waals surface area contributed by atoms with Gasteiger partial charge in [0.25, 0.3) is 0 Å². The third-order valence-corrected chi connectivity index (χ3v) is 5.66.